The molecule has 1 unspecified atom stereocenters. The molecule has 0 saturated heterocycles. The molecule has 0 saturated carbocycles. The van der Waals surface area contributed by atoms with Gasteiger partial charge in [0.2, 0.25) is 0 Å². The molecule has 0 spiro atoms. The molecule has 0 heterocycles. The summed E-state index contributed by atoms with van der Waals surface area (Å²) in [5.74, 6) is -0.993. The molecule has 1 N–H and O–H groups in total. The van der Waals surface area contributed by atoms with E-state index in [-0.39, 0.29) is 12.0 Å². The van der Waals surface area contributed by atoms with Crippen LogP contribution in [0.3, 0.4) is 0 Å². The number of aryl methyl sites for hydroxylation is 1. The fourth-order valence-corrected chi connectivity index (χ4v) is 1.98. The Balaban J connectivity index is 2.24. The third kappa shape index (κ3) is 2.74. The molecular formula is C15H14F2O. The van der Waals surface area contributed by atoms with Gasteiger partial charge in [0.25, 0.3) is 0 Å². The summed E-state index contributed by atoms with van der Waals surface area (Å²) in [6.45, 7) is 1.88. The maximum atomic E-state index is 13.5. The summed E-state index contributed by atoms with van der Waals surface area (Å²) < 4.78 is 26.5. The minimum atomic E-state index is -0.831. The van der Waals surface area contributed by atoms with E-state index in [1.807, 2.05) is 25.1 Å². The van der Waals surface area contributed by atoms with Crippen LogP contribution < -0.4 is 0 Å². The zero-order chi connectivity index (χ0) is 13.1. The molecular weight excluding hydrogens is 234 g/mol. The minimum Gasteiger partial charge on any atom is -0.388 e. The quantitative estimate of drug-likeness (QED) is 0.880. The van der Waals surface area contributed by atoms with Crippen molar-refractivity contribution in [3.63, 3.8) is 0 Å². The SMILES string of the molecule is Cc1ccccc1C(O)Cc1cc(F)ccc1F. The summed E-state index contributed by atoms with van der Waals surface area (Å²) in [7, 11) is 0. The first-order valence-corrected chi connectivity index (χ1v) is 5.75. The van der Waals surface area contributed by atoms with Crippen LogP contribution >= 0.6 is 0 Å². The minimum absolute atomic E-state index is 0.0639. The van der Waals surface area contributed by atoms with Crippen LogP contribution in [-0.4, -0.2) is 5.11 Å². The topological polar surface area (TPSA) is 20.2 Å². The first-order valence-electron chi connectivity index (χ1n) is 5.75. The van der Waals surface area contributed by atoms with Crippen molar-refractivity contribution in [1.82, 2.24) is 0 Å². The predicted molar refractivity (Wildman–Crippen MR) is 66.2 cm³/mol. The summed E-state index contributed by atoms with van der Waals surface area (Å²) in [6.07, 6.45) is -0.767. The summed E-state index contributed by atoms with van der Waals surface area (Å²) in [5.41, 5.74) is 1.86. The van der Waals surface area contributed by atoms with E-state index in [1.54, 1.807) is 6.07 Å². The highest BCUT2D eigenvalue weighted by atomic mass is 19.1. The lowest BCUT2D eigenvalue weighted by atomic mass is 9.97. The summed E-state index contributed by atoms with van der Waals surface area (Å²) in [5, 5.41) is 10.1. The highest BCUT2D eigenvalue weighted by Gasteiger charge is 2.13. The molecule has 2 rings (SSSR count). The van der Waals surface area contributed by atoms with Crippen molar-refractivity contribution >= 4 is 0 Å². The molecule has 1 nitrogen and oxygen atoms in total. The Bertz CT molecular complexity index is 552. The molecule has 1 atom stereocenters. The molecule has 0 fully saturated rings. The third-order valence-corrected chi connectivity index (χ3v) is 2.97. The van der Waals surface area contributed by atoms with Gasteiger partial charge in [0.1, 0.15) is 11.6 Å². The van der Waals surface area contributed by atoms with Crippen molar-refractivity contribution in [1.29, 1.82) is 0 Å². The van der Waals surface area contributed by atoms with E-state index in [9.17, 15) is 13.9 Å². The van der Waals surface area contributed by atoms with E-state index in [0.29, 0.717) is 0 Å². The predicted octanol–water partition coefficient (Wildman–Crippen LogP) is 3.55. The number of aliphatic hydroxyl groups excluding tert-OH is 1. The van der Waals surface area contributed by atoms with Crippen LogP contribution in [0.1, 0.15) is 22.8 Å². The fourth-order valence-electron chi connectivity index (χ4n) is 1.98. The fraction of sp³-hybridized carbons (Fsp3) is 0.200. The first kappa shape index (κ1) is 12.7. The summed E-state index contributed by atoms with van der Waals surface area (Å²) in [6, 6.07) is 10.6. The van der Waals surface area contributed by atoms with Crippen molar-refractivity contribution in [2.24, 2.45) is 0 Å². The molecule has 0 aliphatic rings. The van der Waals surface area contributed by atoms with E-state index < -0.39 is 17.7 Å². The zero-order valence-electron chi connectivity index (χ0n) is 10.0. The number of rotatable bonds is 3. The average Bonchev–Trinajstić information content (AvgIpc) is 2.34. The van der Waals surface area contributed by atoms with Crippen molar-refractivity contribution < 1.29 is 13.9 Å². The van der Waals surface area contributed by atoms with Crippen LogP contribution in [0.15, 0.2) is 42.5 Å². The first-order chi connectivity index (χ1) is 8.58. The van der Waals surface area contributed by atoms with Crippen LogP contribution in [-0.2, 0) is 6.42 Å². The average molecular weight is 248 g/mol. The molecule has 3 heteroatoms. The van der Waals surface area contributed by atoms with E-state index in [2.05, 4.69) is 0 Å². The Labute approximate surface area is 105 Å². The van der Waals surface area contributed by atoms with Gasteiger partial charge in [-0.2, -0.15) is 0 Å². The van der Waals surface area contributed by atoms with E-state index in [4.69, 9.17) is 0 Å². The van der Waals surface area contributed by atoms with Gasteiger partial charge in [0, 0.05) is 6.42 Å². The van der Waals surface area contributed by atoms with Crippen LogP contribution in [0.5, 0.6) is 0 Å². The molecule has 0 amide bonds. The van der Waals surface area contributed by atoms with Gasteiger partial charge in [-0.25, -0.2) is 8.78 Å². The van der Waals surface area contributed by atoms with Crippen LogP contribution in [0.4, 0.5) is 8.78 Å². The second-order valence-electron chi connectivity index (χ2n) is 4.31. The largest absolute Gasteiger partial charge is 0.388 e. The van der Waals surface area contributed by atoms with E-state index in [1.165, 1.54) is 0 Å². The van der Waals surface area contributed by atoms with E-state index in [0.717, 1.165) is 29.3 Å². The lowest BCUT2D eigenvalue weighted by Gasteiger charge is -2.14. The molecule has 0 aliphatic heterocycles. The lowest BCUT2D eigenvalue weighted by Crippen LogP contribution is -2.05. The maximum absolute atomic E-state index is 13.5. The van der Waals surface area contributed by atoms with Gasteiger partial charge < -0.3 is 5.11 Å². The number of hydrogen-bond donors (Lipinski definition) is 1. The Morgan fingerprint density at radius 3 is 2.56 bits per heavy atom. The van der Waals surface area contributed by atoms with Gasteiger partial charge in [-0.15, -0.1) is 0 Å². The van der Waals surface area contributed by atoms with Gasteiger partial charge in [-0.05, 0) is 41.8 Å². The molecule has 18 heavy (non-hydrogen) atoms. The van der Waals surface area contributed by atoms with Gasteiger partial charge in [-0.3, -0.25) is 0 Å². The molecule has 0 radical (unpaired) electrons. The van der Waals surface area contributed by atoms with Crippen molar-refractivity contribution in [3.8, 4) is 0 Å². The molecule has 0 aromatic heterocycles. The molecule has 0 aliphatic carbocycles. The van der Waals surface area contributed by atoms with Crippen molar-refractivity contribution in [2.45, 2.75) is 19.4 Å². The second-order valence-corrected chi connectivity index (χ2v) is 4.31. The highest BCUT2D eigenvalue weighted by Crippen LogP contribution is 2.23. The standard InChI is InChI=1S/C15H14F2O/c1-10-4-2-3-5-13(10)15(18)9-11-8-12(16)6-7-14(11)17/h2-8,15,18H,9H2,1H3. The normalized spacial score (nSPS) is 12.4. The number of benzene rings is 2. The van der Waals surface area contributed by atoms with Crippen molar-refractivity contribution in [2.75, 3.05) is 0 Å². The Morgan fingerprint density at radius 1 is 1.11 bits per heavy atom. The second kappa shape index (κ2) is 5.27. The number of aliphatic hydroxyl groups is 1. The monoisotopic (exact) mass is 248 g/mol. The van der Waals surface area contributed by atoms with Crippen LogP contribution in [0.2, 0.25) is 0 Å². The number of halogens is 2. The van der Waals surface area contributed by atoms with E-state index >= 15 is 0 Å². The summed E-state index contributed by atoms with van der Waals surface area (Å²) >= 11 is 0. The lowest BCUT2D eigenvalue weighted by molar-refractivity contribution is 0.176. The van der Waals surface area contributed by atoms with Gasteiger partial charge in [-0.1, -0.05) is 24.3 Å². The molecule has 0 bridgehead atoms. The Kier molecular flexibility index (Phi) is 3.72. The maximum Gasteiger partial charge on any atom is 0.126 e. The Morgan fingerprint density at radius 2 is 1.83 bits per heavy atom. The van der Waals surface area contributed by atoms with Crippen molar-refractivity contribution in [3.05, 3.63) is 70.8 Å². The summed E-state index contributed by atoms with van der Waals surface area (Å²) in [4.78, 5) is 0. The highest BCUT2D eigenvalue weighted by molar-refractivity contribution is 5.30. The van der Waals surface area contributed by atoms with Crippen LogP contribution in [0.25, 0.3) is 0 Å². The smallest absolute Gasteiger partial charge is 0.126 e. The third-order valence-electron chi connectivity index (χ3n) is 2.97. The Hall–Kier alpha value is -1.74. The van der Waals surface area contributed by atoms with Gasteiger partial charge in [0.15, 0.2) is 0 Å². The van der Waals surface area contributed by atoms with Gasteiger partial charge >= 0.3 is 0 Å². The molecule has 2 aromatic carbocycles. The molecule has 94 valence electrons. The zero-order valence-corrected chi connectivity index (χ0v) is 10.0. The van der Waals surface area contributed by atoms with Gasteiger partial charge in [0.05, 0.1) is 6.10 Å². The number of hydrogen-bond acceptors (Lipinski definition) is 1. The molecule has 2 aromatic rings. The van der Waals surface area contributed by atoms with Crippen LogP contribution in [0, 0.1) is 18.6 Å².